The molecule has 0 spiro atoms. The van der Waals surface area contributed by atoms with Crippen LogP contribution >= 0.6 is 0 Å². The number of nitrogens with zero attached hydrogens (tertiary/aromatic N) is 1. The van der Waals surface area contributed by atoms with Crippen LogP contribution in [0.3, 0.4) is 0 Å². The van der Waals surface area contributed by atoms with E-state index in [4.69, 9.17) is 5.11 Å². The molecule has 4 rings (SSSR count). The zero-order valence-electron chi connectivity index (χ0n) is 14.6. The van der Waals surface area contributed by atoms with Crippen molar-refractivity contribution in [3.05, 3.63) is 70.5 Å². The van der Waals surface area contributed by atoms with Crippen molar-refractivity contribution in [1.82, 2.24) is 10.2 Å². The molecule has 2 N–H and O–H groups in total. The van der Waals surface area contributed by atoms with Gasteiger partial charge in [-0.2, -0.15) is 0 Å². The fourth-order valence-electron chi connectivity index (χ4n) is 4.54. The first-order valence-electron chi connectivity index (χ1n) is 9.07. The number of likely N-dealkylation sites (N-methyl/N-ethyl adjacent to an activating group) is 1. The minimum atomic E-state index is -0.161. The molecule has 0 radical (unpaired) electrons. The van der Waals surface area contributed by atoms with Crippen LogP contribution in [0.25, 0.3) is 0 Å². The van der Waals surface area contributed by atoms with E-state index in [-0.39, 0.29) is 18.5 Å². The van der Waals surface area contributed by atoms with E-state index in [1.54, 1.807) is 12.1 Å². The summed E-state index contributed by atoms with van der Waals surface area (Å²) in [7, 11) is 2.04. The molecule has 4 heteroatoms. The Morgan fingerprint density at radius 3 is 2.80 bits per heavy atom. The zero-order chi connectivity index (χ0) is 17.4. The monoisotopic (exact) mass is 340 g/mol. The molecule has 0 aromatic heterocycles. The van der Waals surface area contributed by atoms with Crippen LogP contribution < -0.4 is 5.32 Å². The Kier molecular flexibility index (Phi) is 4.59. The molecule has 2 aromatic carbocycles. The van der Waals surface area contributed by atoms with Gasteiger partial charge in [0.05, 0.1) is 6.61 Å². The Hall–Kier alpha value is -1.75. The molecule has 2 aromatic rings. The van der Waals surface area contributed by atoms with E-state index in [1.807, 2.05) is 13.1 Å². The average molecular weight is 340 g/mol. The number of hydrogen-bond acceptors (Lipinski definition) is 3. The number of halogens is 1. The highest BCUT2D eigenvalue weighted by atomic mass is 19.1. The second-order valence-electron chi connectivity index (χ2n) is 7.39. The van der Waals surface area contributed by atoms with Crippen molar-refractivity contribution in [2.45, 2.75) is 30.8 Å². The lowest BCUT2D eigenvalue weighted by atomic mass is 9.87. The van der Waals surface area contributed by atoms with E-state index < -0.39 is 0 Å². The minimum Gasteiger partial charge on any atom is -0.395 e. The van der Waals surface area contributed by atoms with Crippen molar-refractivity contribution >= 4 is 0 Å². The van der Waals surface area contributed by atoms with Gasteiger partial charge in [0, 0.05) is 31.1 Å². The standard InChI is InChI=1S/C21H25FN2O/c1-24(8-9-25)13-17-12-20-18-5-3-2-4-14(18)10-15-6-7-16(22)11-19(15)21(20)23-17/h2-7,11,17,20-21,23,25H,8-10,12-13H2,1H3/t17-,20-,21-/m1/s1. The maximum Gasteiger partial charge on any atom is 0.123 e. The fraction of sp³-hybridized carbons (Fsp3) is 0.429. The third-order valence-corrected chi connectivity index (χ3v) is 5.65. The number of nitrogens with one attached hydrogen (secondary N) is 1. The molecule has 25 heavy (non-hydrogen) atoms. The van der Waals surface area contributed by atoms with Crippen LogP contribution in [0, 0.1) is 5.82 Å². The van der Waals surface area contributed by atoms with Gasteiger partial charge in [0.15, 0.2) is 0 Å². The molecule has 0 amide bonds. The third-order valence-electron chi connectivity index (χ3n) is 5.65. The molecular weight excluding hydrogens is 315 g/mol. The Balaban J connectivity index is 1.70. The summed E-state index contributed by atoms with van der Waals surface area (Å²) < 4.78 is 14.0. The van der Waals surface area contributed by atoms with Crippen molar-refractivity contribution in [3.63, 3.8) is 0 Å². The molecule has 2 aliphatic rings. The van der Waals surface area contributed by atoms with Gasteiger partial charge in [-0.1, -0.05) is 30.3 Å². The highest BCUT2D eigenvalue weighted by Crippen LogP contribution is 2.45. The topological polar surface area (TPSA) is 35.5 Å². The molecule has 0 bridgehead atoms. The summed E-state index contributed by atoms with van der Waals surface area (Å²) in [6, 6.07) is 14.4. The Morgan fingerprint density at radius 2 is 1.96 bits per heavy atom. The lowest BCUT2D eigenvalue weighted by molar-refractivity contribution is 0.210. The van der Waals surface area contributed by atoms with Gasteiger partial charge in [-0.05, 0) is 54.3 Å². The molecule has 1 fully saturated rings. The molecule has 1 heterocycles. The molecule has 132 valence electrons. The van der Waals surface area contributed by atoms with Crippen LogP contribution in [0.15, 0.2) is 42.5 Å². The van der Waals surface area contributed by atoms with Crippen LogP contribution in [0.1, 0.15) is 40.6 Å². The first kappa shape index (κ1) is 16.7. The highest BCUT2D eigenvalue weighted by molar-refractivity contribution is 5.46. The first-order valence-corrected chi connectivity index (χ1v) is 9.07. The summed E-state index contributed by atoms with van der Waals surface area (Å²) in [6.07, 6.45) is 1.91. The summed E-state index contributed by atoms with van der Waals surface area (Å²) >= 11 is 0. The van der Waals surface area contributed by atoms with Gasteiger partial charge in [-0.15, -0.1) is 0 Å². The summed E-state index contributed by atoms with van der Waals surface area (Å²) in [5, 5.41) is 12.9. The number of aliphatic hydroxyl groups excluding tert-OH is 1. The smallest absolute Gasteiger partial charge is 0.123 e. The zero-order valence-corrected chi connectivity index (χ0v) is 14.6. The lowest BCUT2D eigenvalue weighted by Gasteiger charge is -2.22. The maximum absolute atomic E-state index is 14.0. The second kappa shape index (κ2) is 6.87. The van der Waals surface area contributed by atoms with Crippen molar-refractivity contribution < 1.29 is 9.50 Å². The van der Waals surface area contributed by atoms with Crippen molar-refractivity contribution in [1.29, 1.82) is 0 Å². The van der Waals surface area contributed by atoms with Crippen LogP contribution in [0.4, 0.5) is 4.39 Å². The van der Waals surface area contributed by atoms with Gasteiger partial charge in [-0.25, -0.2) is 4.39 Å². The summed E-state index contributed by atoms with van der Waals surface area (Å²) in [6.45, 7) is 1.74. The van der Waals surface area contributed by atoms with Gasteiger partial charge >= 0.3 is 0 Å². The van der Waals surface area contributed by atoms with Gasteiger partial charge < -0.3 is 15.3 Å². The van der Waals surface area contributed by atoms with E-state index >= 15 is 0 Å². The van der Waals surface area contributed by atoms with Crippen molar-refractivity contribution in [3.8, 4) is 0 Å². The van der Waals surface area contributed by atoms with Crippen LogP contribution in [0.2, 0.25) is 0 Å². The Morgan fingerprint density at radius 1 is 1.16 bits per heavy atom. The normalized spacial score (nSPS) is 24.6. The molecule has 3 nitrogen and oxygen atoms in total. The number of aliphatic hydroxyl groups is 1. The number of benzene rings is 2. The largest absolute Gasteiger partial charge is 0.395 e. The van der Waals surface area contributed by atoms with Crippen LogP contribution in [0.5, 0.6) is 0 Å². The van der Waals surface area contributed by atoms with Crippen LogP contribution in [-0.2, 0) is 6.42 Å². The minimum absolute atomic E-state index is 0.155. The van der Waals surface area contributed by atoms with E-state index in [1.165, 1.54) is 16.7 Å². The average Bonchev–Trinajstić information content (AvgIpc) is 2.95. The molecule has 0 saturated carbocycles. The second-order valence-corrected chi connectivity index (χ2v) is 7.39. The quantitative estimate of drug-likeness (QED) is 0.898. The van der Waals surface area contributed by atoms with E-state index in [2.05, 4.69) is 34.5 Å². The molecule has 0 unspecified atom stereocenters. The van der Waals surface area contributed by atoms with E-state index in [9.17, 15) is 4.39 Å². The Labute approximate surface area is 148 Å². The molecule has 3 atom stereocenters. The van der Waals surface area contributed by atoms with Gasteiger partial charge in [0.1, 0.15) is 5.82 Å². The summed E-state index contributed by atoms with van der Waals surface area (Å²) in [5.74, 6) is 0.206. The fourth-order valence-corrected chi connectivity index (χ4v) is 4.54. The number of rotatable bonds is 4. The van der Waals surface area contributed by atoms with E-state index in [0.29, 0.717) is 18.5 Å². The SMILES string of the molecule is CN(CCO)C[C@H]1C[C@@H]2c3ccccc3Cc3ccc(F)cc3[C@H]2N1. The lowest BCUT2D eigenvalue weighted by Crippen LogP contribution is -2.37. The summed E-state index contributed by atoms with van der Waals surface area (Å²) in [4.78, 5) is 2.15. The molecular formula is C21H25FN2O. The highest BCUT2D eigenvalue weighted by Gasteiger charge is 2.39. The van der Waals surface area contributed by atoms with Crippen molar-refractivity contribution in [2.75, 3.05) is 26.7 Å². The number of hydrogen-bond donors (Lipinski definition) is 2. The Bertz CT molecular complexity index is 763. The maximum atomic E-state index is 14.0. The molecule has 1 saturated heterocycles. The van der Waals surface area contributed by atoms with Crippen LogP contribution in [-0.4, -0.2) is 42.8 Å². The number of fused-ring (bicyclic) bond motifs is 5. The van der Waals surface area contributed by atoms with Gasteiger partial charge in [-0.3, -0.25) is 0 Å². The van der Waals surface area contributed by atoms with Gasteiger partial charge in [0.25, 0.3) is 0 Å². The first-order chi connectivity index (χ1) is 12.2. The predicted octanol–water partition coefficient (Wildman–Crippen LogP) is 2.84. The van der Waals surface area contributed by atoms with Crippen molar-refractivity contribution in [2.24, 2.45) is 0 Å². The molecule has 1 aliphatic carbocycles. The molecule has 1 aliphatic heterocycles. The summed E-state index contributed by atoms with van der Waals surface area (Å²) in [5.41, 5.74) is 5.07. The predicted molar refractivity (Wildman–Crippen MR) is 97.3 cm³/mol. The van der Waals surface area contributed by atoms with E-state index in [0.717, 1.165) is 24.9 Å². The van der Waals surface area contributed by atoms with Gasteiger partial charge in [0.2, 0.25) is 0 Å². The third kappa shape index (κ3) is 3.22.